The first-order valence-electron chi connectivity index (χ1n) is 18.0. The number of nitrogens with one attached hydrogen (secondary N) is 1. The zero-order chi connectivity index (χ0) is 37.5. The van der Waals surface area contributed by atoms with E-state index in [9.17, 15) is 4.79 Å². The summed E-state index contributed by atoms with van der Waals surface area (Å²) in [5.74, 6) is 5.20. The number of likely N-dealkylation sites (N-methyl/N-ethyl adjacent to an activating group) is 1. The van der Waals surface area contributed by atoms with Crippen LogP contribution in [0.1, 0.15) is 52.6 Å². The molecule has 1 aliphatic heterocycles. The summed E-state index contributed by atoms with van der Waals surface area (Å²) < 4.78 is 35.8. The molecule has 0 bridgehead atoms. The van der Waals surface area contributed by atoms with E-state index in [0.717, 1.165) is 73.0 Å². The molecule has 3 aromatic carbocycles. The van der Waals surface area contributed by atoms with Crippen molar-refractivity contribution >= 4 is 22.9 Å². The van der Waals surface area contributed by atoms with Crippen LogP contribution in [-0.2, 0) is 6.54 Å². The van der Waals surface area contributed by atoms with Crippen LogP contribution >= 0.6 is 0 Å². The van der Waals surface area contributed by atoms with Crippen LogP contribution in [0.25, 0.3) is 11.0 Å². The summed E-state index contributed by atoms with van der Waals surface area (Å²) in [5.41, 5.74) is 3.58. The molecule has 53 heavy (non-hydrogen) atoms. The number of para-hydroxylation sites is 2. The summed E-state index contributed by atoms with van der Waals surface area (Å²) in [6, 6.07) is 22.0. The highest BCUT2D eigenvalue weighted by molar-refractivity contribution is 5.95. The van der Waals surface area contributed by atoms with E-state index in [2.05, 4.69) is 33.0 Å². The molecule has 1 N–H and O–H groups in total. The van der Waals surface area contributed by atoms with Crippen molar-refractivity contribution in [3.63, 3.8) is 0 Å². The van der Waals surface area contributed by atoms with Gasteiger partial charge in [0.2, 0.25) is 11.7 Å². The molecule has 3 heterocycles. The molecular formula is C41H51N5O7. The second-order valence-electron chi connectivity index (χ2n) is 13.5. The molecule has 1 amide bonds. The quantitative estimate of drug-likeness (QED) is 0.116. The number of fused-ring (bicyclic) bond motifs is 1. The molecule has 12 nitrogen and oxygen atoms in total. The van der Waals surface area contributed by atoms with Crippen LogP contribution in [0.2, 0.25) is 0 Å². The van der Waals surface area contributed by atoms with Crippen molar-refractivity contribution in [2.24, 2.45) is 0 Å². The summed E-state index contributed by atoms with van der Waals surface area (Å²) in [6.45, 7) is 5.86. The largest absolute Gasteiger partial charge is 0.493 e. The first-order chi connectivity index (χ1) is 25.7. The van der Waals surface area contributed by atoms with E-state index in [0.29, 0.717) is 53.4 Å². The zero-order valence-corrected chi connectivity index (χ0v) is 31.8. The Kier molecular flexibility index (Phi) is 12.0. The number of hydrogen-bond acceptors (Lipinski definition) is 10. The van der Waals surface area contributed by atoms with Gasteiger partial charge in [0, 0.05) is 44.2 Å². The van der Waals surface area contributed by atoms with Gasteiger partial charge in [-0.1, -0.05) is 18.2 Å². The van der Waals surface area contributed by atoms with Crippen molar-refractivity contribution in [3.8, 4) is 28.7 Å². The molecule has 6 rings (SSSR count). The standard InChI is InChI=1S/C41H51N5O7/c1-27-12-14-32(53-27)26-46-34-11-9-8-10-33(34)43-41(46)42-31-17-20-45(21-18-31)19-16-29(28-13-15-35(48-3)36(22-28)49-4)25-44(2)40(47)30-23-37(50-5)39(52-7)38(24-30)51-6/h8-15,22-24,29,31H,16-21,25-26H2,1-7H3,(H,42,43). The summed E-state index contributed by atoms with van der Waals surface area (Å²) in [4.78, 5) is 23.1. The van der Waals surface area contributed by atoms with Crippen LogP contribution in [0.4, 0.5) is 5.95 Å². The van der Waals surface area contributed by atoms with Crippen molar-refractivity contribution < 1.29 is 32.9 Å². The van der Waals surface area contributed by atoms with Crippen molar-refractivity contribution in [1.82, 2.24) is 19.4 Å². The van der Waals surface area contributed by atoms with Crippen molar-refractivity contribution in [2.75, 3.05) is 74.1 Å². The van der Waals surface area contributed by atoms with Gasteiger partial charge >= 0.3 is 0 Å². The number of methoxy groups -OCH3 is 5. The first-order valence-corrected chi connectivity index (χ1v) is 18.0. The number of furan rings is 1. The fourth-order valence-corrected chi connectivity index (χ4v) is 7.20. The zero-order valence-electron chi connectivity index (χ0n) is 31.8. The van der Waals surface area contributed by atoms with Gasteiger partial charge in [0.25, 0.3) is 5.91 Å². The number of nitrogens with zero attached hydrogens (tertiary/aromatic N) is 4. The number of piperidine rings is 1. The van der Waals surface area contributed by atoms with Crippen LogP contribution in [0.15, 0.2) is 71.1 Å². The minimum Gasteiger partial charge on any atom is -0.493 e. The lowest BCUT2D eigenvalue weighted by atomic mass is 9.93. The monoisotopic (exact) mass is 725 g/mol. The second-order valence-corrected chi connectivity index (χ2v) is 13.5. The molecule has 0 radical (unpaired) electrons. The summed E-state index contributed by atoms with van der Waals surface area (Å²) in [6.07, 6.45) is 2.83. The molecule has 282 valence electrons. The molecule has 12 heteroatoms. The van der Waals surface area contributed by atoms with Crippen LogP contribution in [-0.4, -0.2) is 100 Å². The summed E-state index contributed by atoms with van der Waals surface area (Å²) >= 11 is 0. The average Bonchev–Trinajstić information content (AvgIpc) is 3.77. The third-order valence-corrected chi connectivity index (χ3v) is 10.1. The highest BCUT2D eigenvalue weighted by Gasteiger charge is 2.26. The third kappa shape index (κ3) is 8.49. The van der Waals surface area contributed by atoms with E-state index >= 15 is 0 Å². The smallest absolute Gasteiger partial charge is 0.253 e. The average molecular weight is 726 g/mol. The van der Waals surface area contributed by atoms with Gasteiger partial charge in [-0.3, -0.25) is 4.79 Å². The van der Waals surface area contributed by atoms with Crippen molar-refractivity contribution in [1.29, 1.82) is 0 Å². The third-order valence-electron chi connectivity index (χ3n) is 10.1. The lowest BCUT2D eigenvalue weighted by Crippen LogP contribution is -2.40. The summed E-state index contributed by atoms with van der Waals surface area (Å²) in [5, 5.41) is 3.77. The number of amides is 1. The number of likely N-dealkylation sites (tertiary alicyclic amines) is 1. The Morgan fingerprint density at radius 3 is 2.23 bits per heavy atom. The Hall–Kier alpha value is -5.36. The normalized spacial score (nSPS) is 14.2. The molecule has 0 saturated carbocycles. The van der Waals surface area contributed by atoms with E-state index < -0.39 is 0 Å². The Morgan fingerprint density at radius 1 is 0.887 bits per heavy atom. The van der Waals surface area contributed by atoms with Gasteiger partial charge in [0.1, 0.15) is 11.5 Å². The molecule has 5 aromatic rings. The van der Waals surface area contributed by atoms with Crippen LogP contribution < -0.4 is 29.0 Å². The second kappa shape index (κ2) is 17.0. The van der Waals surface area contributed by atoms with Gasteiger partial charge in [-0.2, -0.15) is 0 Å². The van der Waals surface area contributed by atoms with E-state index in [1.54, 1.807) is 52.6 Å². The molecule has 1 aliphatic rings. The highest BCUT2D eigenvalue weighted by atomic mass is 16.5. The number of anilines is 1. The SMILES string of the molecule is COc1ccc(C(CCN2CCC(Nc3nc4ccccc4n3Cc3ccc(C)o3)CC2)CN(C)C(=O)c2cc(OC)c(OC)c(OC)c2)cc1OC. The predicted octanol–water partition coefficient (Wildman–Crippen LogP) is 6.85. The number of carbonyl (C=O) groups is 1. The van der Waals surface area contributed by atoms with Crippen molar-refractivity contribution in [2.45, 2.75) is 44.7 Å². The van der Waals surface area contributed by atoms with Crippen molar-refractivity contribution in [3.05, 3.63) is 89.4 Å². The van der Waals surface area contributed by atoms with Gasteiger partial charge in [-0.05, 0) is 86.8 Å². The van der Waals surface area contributed by atoms with Crippen LogP contribution in [0.5, 0.6) is 28.7 Å². The number of rotatable bonds is 16. The van der Waals surface area contributed by atoms with Gasteiger partial charge in [0.15, 0.2) is 23.0 Å². The Labute approximate surface area is 311 Å². The molecule has 1 unspecified atom stereocenters. The number of aromatic nitrogens is 2. The lowest BCUT2D eigenvalue weighted by molar-refractivity contribution is 0.0781. The molecule has 0 aliphatic carbocycles. The molecular weight excluding hydrogens is 674 g/mol. The molecule has 1 atom stereocenters. The fourth-order valence-electron chi connectivity index (χ4n) is 7.20. The predicted molar refractivity (Wildman–Crippen MR) is 205 cm³/mol. The van der Waals surface area contributed by atoms with Gasteiger partial charge < -0.3 is 47.8 Å². The molecule has 1 fully saturated rings. The molecule has 0 spiro atoms. The fraction of sp³-hybridized carbons (Fsp3) is 0.415. The van der Waals surface area contributed by atoms with Crippen LogP contribution in [0, 0.1) is 6.92 Å². The number of hydrogen-bond donors (Lipinski definition) is 1. The highest BCUT2D eigenvalue weighted by Crippen LogP contribution is 2.39. The number of aryl methyl sites for hydroxylation is 1. The van der Waals surface area contributed by atoms with Gasteiger partial charge in [-0.25, -0.2) is 4.98 Å². The number of benzene rings is 3. The van der Waals surface area contributed by atoms with E-state index in [-0.39, 0.29) is 11.8 Å². The van der Waals surface area contributed by atoms with Crippen LogP contribution in [0.3, 0.4) is 0 Å². The minimum atomic E-state index is -0.144. The van der Waals surface area contributed by atoms with Gasteiger partial charge in [0.05, 0.1) is 53.1 Å². The Morgan fingerprint density at radius 2 is 1.58 bits per heavy atom. The first kappa shape index (κ1) is 37.4. The number of imidazole rings is 1. The maximum Gasteiger partial charge on any atom is 0.253 e. The minimum absolute atomic E-state index is 0.0341. The lowest BCUT2D eigenvalue weighted by Gasteiger charge is -2.34. The Bertz CT molecular complexity index is 1970. The number of ether oxygens (including phenoxy) is 5. The molecule has 1 saturated heterocycles. The van der Waals surface area contributed by atoms with E-state index in [1.165, 1.54) is 0 Å². The van der Waals surface area contributed by atoms with E-state index in [4.69, 9.17) is 33.1 Å². The summed E-state index contributed by atoms with van der Waals surface area (Å²) in [7, 11) is 9.73. The van der Waals surface area contributed by atoms with Gasteiger partial charge in [-0.15, -0.1) is 0 Å². The maximum absolute atomic E-state index is 13.8. The topological polar surface area (TPSA) is 113 Å². The number of carbonyl (C=O) groups excluding carboxylic acids is 1. The molecule has 2 aromatic heterocycles. The maximum atomic E-state index is 13.8. The van der Waals surface area contributed by atoms with E-state index in [1.807, 2.05) is 50.4 Å². The Balaban J connectivity index is 1.13.